The van der Waals surface area contributed by atoms with Gasteiger partial charge in [-0.2, -0.15) is 0 Å². The van der Waals surface area contributed by atoms with E-state index in [9.17, 15) is 0 Å². The van der Waals surface area contributed by atoms with E-state index in [-0.39, 0.29) is 0 Å². The number of fused-ring (bicyclic) bond motifs is 1. The molecule has 2 aromatic heterocycles. The standard InChI is InChI=1S/C13H16N4S/c1-2-15-12-9-5-3-4-6-10(9)16-13(17-12)11-7-14-8-18-11/h7-8H,2-6H2,1H3,(H,15,16,17). The second-order valence-electron chi connectivity index (χ2n) is 4.42. The molecule has 1 N–H and O–H groups in total. The minimum absolute atomic E-state index is 0.814. The monoisotopic (exact) mass is 260 g/mol. The third kappa shape index (κ3) is 2.10. The maximum absolute atomic E-state index is 4.72. The quantitative estimate of drug-likeness (QED) is 0.922. The Bertz CT molecular complexity index is 536. The van der Waals surface area contributed by atoms with Gasteiger partial charge in [0.2, 0.25) is 0 Å². The summed E-state index contributed by atoms with van der Waals surface area (Å²) in [7, 11) is 0. The van der Waals surface area contributed by atoms with E-state index in [1.165, 1.54) is 24.1 Å². The average Bonchev–Trinajstić information content (AvgIpc) is 2.93. The molecule has 94 valence electrons. The lowest BCUT2D eigenvalue weighted by Crippen LogP contribution is -2.13. The van der Waals surface area contributed by atoms with Crippen molar-refractivity contribution in [2.75, 3.05) is 11.9 Å². The van der Waals surface area contributed by atoms with Gasteiger partial charge in [-0.1, -0.05) is 0 Å². The summed E-state index contributed by atoms with van der Waals surface area (Å²) in [4.78, 5) is 14.5. The van der Waals surface area contributed by atoms with Crippen LogP contribution >= 0.6 is 11.3 Å². The highest BCUT2D eigenvalue weighted by Crippen LogP contribution is 2.29. The molecule has 0 spiro atoms. The van der Waals surface area contributed by atoms with E-state index in [0.717, 1.165) is 35.9 Å². The molecule has 2 aromatic rings. The van der Waals surface area contributed by atoms with Gasteiger partial charge in [-0.3, -0.25) is 4.98 Å². The SMILES string of the molecule is CCNc1nc(-c2cncs2)nc2c1CCCC2. The summed E-state index contributed by atoms with van der Waals surface area (Å²) in [6.45, 7) is 3.00. The Morgan fingerprint density at radius 1 is 1.28 bits per heavy atom. The lowest BCUT2D eigenvalue weighted by Gasteiger charge is -2.19. The van der Waals surface area contributed by atoms with Crippen LogP contribution in [0.1, 0.15) is 31.0 Å². The first-order chi connectivity index (χ1) is 8.88. The first-order valence-corrected chi connectivity index (χ1v) is 7.29. The van der Waals surface area contributed by atoms with Crippen molar-refractivity contribution in [3.05, 3.63) is 23.0 Å². The predicted molar refractivity (Wildman–Crippen MR) is 73.9 cm³/mol. The topological polar surface area (TPSA) is 50.7 Å². The molecule has 0 atom stereocenters. The Morgan fingerprint density at radius 2 is 2.17 bits per heavy atom. The molecule has 0 aliphatic heterocycles. The normalized spacial score (nSPS) is 14.3. The molecule has 2 heterocycles. The minimum Gasteiger partial charge on any atom is -0.370 e. The third-order valence-electron chi connectivity index (χ3n) is 3.18. The van der Waals surface area contributed by atoms with Gasteiger partial charge in [0.15, 0.2) is 5.82 Å². The van der Waals surface area contributed by atoms with E-state index in [1.54, 1.807) is 11.3 Å². The lowest BCUT2D eigenvalue weighted by molar-refractivity contribution is 0.665. The highest BCUT2D eigenvalue weighted by atomic mass is 32.1. The first kappa shape index (κ1) is 11.6. The molecule has 1 aliphatic rings. The molecule has 3 rings (SSSR count). The second kappa shape index (κ2) is 5.02. The number of aromatic nitrogens is 3. The summed E-state index contributed by atoms with van der Waals surface area (Å²) in [5.41, 5.74) is 4.36. The number of nitrogens with zero attached hydrogens (tertiary/aromatic N) is 3. The van der Waals surface area contributed by atoms with Crippen LogP contribution in [0.4, 0.5) is 5.82 Å². The fourth-order valence-corrected chi connectivity index (χ4v) is 2.90. The number of hydrogen-bond donors (Lipinski definition) is 1. The van der Waals surface area contributed by atoms with E-state index < -0.39 is 0 Å². The van der Waals surface area contributed by atoms with Gasteiger partial charge < -0.3 is 5.32 Å². The Labute approximate surface area is 111 Å². The van der Waals surface area contributed by atoms with Crippen LogP contribution in [-0.2, 0) is 12.8 Å². The predicted octanol–water partition coefficient (Wildman–Crippen LogP) is 2.91. The maximum Gasteiger partial charge on any atom is 0.173 e. The summed E-state index contributed by atoms with van der Waals surface area (Å²) < 4.78 is 0. The van der Waals surface area contributed by atoms with Crippen molar-refractivity contribution in [3.8, 4) is 10.7 Å². The van der Waals surface area contributed by atoms with Gasteiger partial charge in [0.1, 0.15) is 5.82 Å². The van der Waals surface area contributed by atoms with Crippen LogP contribution in [0.25, 0.3) is 10.7 Å². The van der Waals surface area contributed by atoms with E-state index in [4.69, 9.17) is 4.98 Å². The molecule has 4 nitrogen and oxygen atoms in total. The number of aryl methyl sites for hydroxylation is 1. The van der Waals surface area contributed by atoms with Crippen LogP contribution < -0.4 is 5.32 Å². The van der Waals surface area contributed by atoms with Crippen LogP contribution in [0.3, 0.4) is 0 Å². The molecule has 0 radical (unpaired) electrons. The lowest BCUT2D eigenvalue weighted by atomic mass is 9.96. The third-order valence-corrected chi connectivity index (χ3v) is 3.95. The van der Waals surface area contributed by atoms with Gasteiger partial charge in [0, 0.05) is 24.0 Å². The summed E-state index contributed by atoms with van der Waals surface area (Å²) in [6, 6.07) is 0. The molecule has 1 aliphatic carbocycles. The second-order valence-corrected chi connectivity index (χ2v) is 5.31. The molecule has 0 saturated carbocycles. The first-order valence-electron chi connectivity index (χ1n) is 6.41. The average molecular weight is 260 g/mol. The molecule has 0 bridgehead atoms. The van der Waals surface area contributed by atoms with Crippen LogP contribution in [0, 0.1) is 0 Å². The highest BCUT2D eigenvalue weighted by molar-refractivity contribution is 7.13. The van der Waals surface area contributed by atoms with Gasteiger partial charge >= 0.3 is 0 Å². The van der Waals surface area contributed by atoms with Crippen LogP contribution in [0.2, 0.25) is 0 Å². The van der Waals surface area contributed by atoms with Crippen LogP contribution in [0.5, 0.6) is 0 Å². The van der Waals surface area contributed by atoms with E-state index in [2.05, 4.69) is 22.2 Å². The van der Waals surface area contributed by atoms with Crippen molar-refractivity contribution in [1.29, 1.82) is 0 Å². The zero-order valence-electron chi connectivity index (χ0n) is 10.4. The molecule has 0 saturated heterocycles. The number of rotatable bonds is 3. The van der Waals surface area contributed by atoms with Crippen molar-refractivity contribution >= 4 is 17.2 Å². The van der Waals surface area contributed by atoms with Gasteiger partial charge in [-0.15, -0.1) is 11.3 Å². The highest BCUT2D eigenvalue weighted by Gasteiger charge is 2.18. The summed E-state index contributed by atoms with van der Waals surface area (Å²) in [6.07, 6.45) is 6.49. The Morgan fingerprint density at radius 3 is 2.94 bits per heavy atom. The van der Waals surface area contributed by atoms with Crippen LogP contribution in [0.15, 0.2) is 11.7 Å². The van der Waals surface area contributed by atoms with Gasteiger partial charge in [0.05, 0.1) is 10.4 Å². The largest absolute Gasteiger partial charge is 0.370 e. The van der Waals surface area contributed by atoms with Crippen molar-refractivity contribution in [1.82, 2.24) is 15.0 Å². The van der Waals surface area contributed by atoms with E-state index >= 15 is 0 Å². The van der Waals surface area contributed by atoms with Crippen molar-refractivity contribution < 1.29 is 0 Å². The molecule has 18 heavy (non-hydrogen) atoms. The maximum atomic E-state index is 4.72. The van der Waals surface area contributed by atoms with Crippen molar-refractivity contribution in [2.24, 2.45) is 0 Å². The van der Waals surface area contributed by atoms with Gasteiger partial charge in [-0.05, 0) is 32.6 Å². The zero-order valence-corrected chi connectivity index (χ0v) is 11.3. The summed E-state index contributed by atoms with van der Waals surface area (Å²) >= 11 is 1.59. The van der Waals surface area contributed by atoms with Gasteiger partial charge in [0.25, 0.3) is 0 Å². The number of nitrogens with one attached hydrogen (secondary N) is 1. The zero-order chi connectivity index (χ0) is 12.4. The van der Waals surface area contributed by atoms with E-state index in [0.29, 0.717) is 0 Å². The molecule has 0 amide bonds. The Balaban J connectivity index is 2.09. The molecular formula is C13H16N4S. The molecular weight excluding hydrogens is 244 g/mol. The minimum atomic E-state index is 0.814. The fourth-order valence-electron chi connectivity index (χ4n) is 2.34. The van der Waals surface area contributed by atoms with Crippen LogP contribution in [-0.4, -0.2) is 21.5 Å². The Hall–Kier alpha value is -1.49. The fraction of sp³-hybridized carbons (Fsp3) is 0.462. The molecule has 0 fully saturated rings. The smallest absolute Gasteiger partial charge is 0.173 e. The number of thiazole rings is 1. The summed E-state index contributed by atoms with van der Waals surface area (Å²) in [5, 5.41) is 3.37. The molecule has 5 heteroatoms. The van der Waals surface area contributed by atoms with Gasteiger partial charge in [-0.25, -0.2) is 9.97 Å². The van der Waals surface area contributed by atoms with E-state index in [1.807, 2.05) is 11.7 Å². The summed E-state index contributed by atoms with van der Waals surface area (Å²) in [5.74, 6) is 1.83. The Kier molecular flexibility index (Phi) is 3.23. The number of anilines is 1. The molecule has 0 unspecified atom stereocenters. The number of hydrogen-bond acceptors (Lipinski definition) is 5. The molecule has 0 aromatic carbocycles. The van der Waals surface area contributed by atoms with Crippen molar-refractivity contribution in [2.45, 2.75) is 32.6 Å². The van der Waals surface area contributed by atoms with Crippen molar-refractivity contribution in [3.63, 3.8) is 0 Å².